The molecule has 1 aliphatic rings. The number of aryl methyl sites for hydroxylation is 1. The highest BCUT2D eigenvalue weighted by Crippen LogP contribution is 2.31. The molecular weight excluding hydrogens is 202 g/mol. The summed E-state index contributed by atoms with van der Waals surface area (Å²) < 4.78 is 0. The van der Waals surface area contributed by atoms with Crippen LogP contribution in [0.4, 0.5) is 0 Å². The molecule has 1 unspecified atom stereocenters. The molecule has 0 saturated carbocycles. The third-order valence-electron chi connectivity index (χ3n) is 2.94. The van der Waals surface area contributed by atoms with Crippen LogP contribution in [0.2, 0.25) is 0 Å². The van der Waals surface area contributed by atoms with Crippen molar-refractivity contribution in [3.05, 3.63) is 21.9 Å². The molecule has 0 bridgehead atoms. The Morgan fingerprint density at radius 2 is 2.31 bits per heavy atom. The average Bonchev–Trinajstić information content (AvgIpc) is 2.51. The van der Waals surface area contributed by atoms with E-state index in [9.17, 15) is 0 Å². The van der Waals surface area contributed by atoms with Crippen LogP contribution in [0.25, 0.3) is 0 Å². The normalized spacial score (nSPS) is 26.3. The predicted octanol–water partition coefficient (Wildman–Crippen LogP) is 2.64. The van der Waals surface area contributed by atoms with Gasteiger partial charge in [0.1, 0.15) is 0 Å². The smallest absolute Gasteiger partial charge is 0.0201 e. The molecule has 0 aliphatic heterocycles. The molecule has 13 heavy (non-hydrogen) atoms. The molecule has 1 nitrogen and oxygen atoms in total. The Morgan fingerprint density at radius 3 is 3.00 bits per heavy atom. The Hall–Kier alpha value is -0.0500. The van der Waals surface area contributed by atoms with Crippen LogP contribution in [0.15, 0.2) is 11.4 Å². The van der Waals surface area contributed by atoms with Crippen molar-refractivity contribution in [3.8, 4) is 0 Å². The molecule has 3 heteroatoms. The first-order valence-electron chi connectivity index (χ1n) is 4.48. The maximum Gasteiger partial charge on any atom is 0.0201 e. The molecule has 0 spiro atoms. The number of rotatable bonds is 1. The van der Waals surface area contributed by atoms with Crippen LogP contribution < -0.4 is 5.32 Å². The van der Waals surface area contributed by atoms with E-state index in [0.717, 1.165) is 0 Å². The highest BCUT2D eigenvalue weighted by atomic mass is 35.5. The Labute approximate surface area is 90.0 Å². The Kier molecular flexibility index (Phi) is 3.38. The topological polar surface area (TPSA) is 12.0 Å². The molecule has 0 fully saturated rings. The minimum Gasteiger partial charge on any atom is -0.314 e. The minimum atomic E-state index is 0. The van der Waals surface area contributed by atoms with E-state index in [1.54, 1.807) is 10.4 Å². The van der Waals surface area contributed by atoms with E-state index in [-0.39, 0.29) is 12.4 Å². The van der Waals surface area contributed by atoms with Crippen LogP contribution in [-0.4, -0.2) is 12.6 Å². The lowest BCUT2D eigenvalue weighted by molar-refractivity contribution is 0.342. The maximum absolute atomic E-state index is 3.42. The number of hydrogen-bond donors (Lipinski definition) is 1. The van der Waals surface area contributed by atoms with Gasteiger partial charge in [0, 0.05) is 10.4 Å². The molecule has 74 valence electrons. The van der Waals surface area contributed by atoms with Gasteiger partial charge in [-0.05, 0) is 50.2 Å². The number of nitrogens with one attached hydrogen (secondary N) is 1. The summed E-state index contributed by atoms with van der Waals surface area (Å²) in [6.45, 7) is 2.32. The van der Waals surface area contributed by atoms with Crippen molar-refractivity contribution in [1.29, 1.82) is 0 Å². The molecule has 1 aromatic heterocycles. The summed E-state index contributed by atoms with van der Waals surface area (Å²) in [6, 6.07) is 2.27. The number of thiophene rings is 1. The Morgan fingerprint density at radius 1 is 1.54 bits per heavy atom. The van der Waals surface area contributed by atoms with Gasteiger partial charge in [-0.2, -0.15) is 0 Å². The van der Waals surface area contributed by atoms with Gasteiger partial charge in [-0.15, -0.1) is 23.7 Å². The average molecular weight is 218 g/mol. The molecule has 0 aromatic carbocycles. The molecule has 0 amide bonds. The minimum absolute atomic E-state index is 0. The molecule has 1 atom stereocenters. The molecule has 1 N–H and O–H groups in total. The first-order valence-corrected chi connectivity index (χ1v) is 5.36. The summed E-state index contributed by atoms with van der Waals surface area (Å²) in [4.78, 5) is 1.58. The summed E-state index contributed by atoms with van der Waals surface area (Å²) in [5.74, 6) is 0. The molecule has 0 saturated heterocycles. The van der Waals surface area contributed by atoms with Gasteiger partial charge in [0.25, 0.3) is 0 Å². The molecule has 1 aliphatic carbocycles. The molecule has 1 aromatic rings. The molecule has 0 radical (unpaired) electrons. The van der Waals surface area contributed by atoms with Crippen molar-refractivity contribution in [2.75, 3.05) is 7.05 Å². The maximum atomic E-state index is 3.42. The fourth-order valence-electron chi connectivity index (χ4n) is 1.81. The van der Waals surface area contributed by atoms with Crippen LogP contribution in [0.1, 0.15) is 23.8 Å². The number of likely N-dealkylation sites (N-methyl/N-ethyl adjacent to an activating group) is 1. The van der Waals surface area contributed by atoms with E-state index >= 15 is 0 Å². The summed E-state index contributed by atoms with van der Waals surface area (Å²) in [7, 11) is 2.07. The van der Waals surface area contributed by atoms with Gasteiger partial charge in [0.2, 0.25) is 0 Å². The summed E-state index contributed by atoms with van der Waals surface area (Å²) in [5.41, 5.74) is 1.92. The molecular formula is C10H16ClNS. The molecule has 1 heterocycles. The lowest BCUT2D eigenvalue weighted by atomic mass is 9.84. The van der Waals surface area contributed by atoms with Gasteiger partial charge < -0.3 is 5.32 Å². The zero-order chi connectivity index (χ0) is 8.60. The van der Waals surface area contributed by atoms with E-state index in [0.29, 0.717) is 5.54 Å². The Bertz CT molecular complexity index is 284. The van der Waals surface area contributed by atoms with Gasteiger partial charge >= 0.3 is 0 Å². The predicted molar refractivity (Wildman–Crippen MR) is 61.1 cm³/mol. The van der Waals surface area contributed by atoms with Crippen molar-refractivity contribution in [3.63, 3.8) is 0 Å². The van der Waals surface area contributed by atoms with Gasteiger partial charge in [-0.3, -0.25) is 0 Å². The van der Waals surface area contributed by atoms with E-state index in [4.69, 9.17) is 0 Å². The van der Waals surface area contributed by atoms with E-state index in [2.05, 4.69) is 30.7 Å². The largest absolute Gasteiger partial charge is 0.314 e. The highest BCUT2D eigenvalue weighted by Gasteiger charge is 2.28. The van der Waals surface area contributed by atoms with Crippen LogP contribution in [0.5, 0.6) is 0 Å². The number of halogens is 1. The SMILES string of the molecule is CNC1(C)CCc2ccsc2C1.Cl. The van der Waals surface area contributed by atoms with Gasteiger partial charge in [0.05, 0.1) is 0 Å². The Balaban J connectivity index is 0.000000845. The highest BCUT2D eigenvalue weighted by molar-refractivity contribution is 7.10. The quantitative estimate of drug-likeness (QED) is 0.763. The van der Waals surface area contributed by atoms with Crippen molar-refractivity contribution < 1.29 is 0 Å². The van der Waals surface area contributed by atoms with Crippen molar-refractivity contribution >= 4 is 23.7 Å². The summed E-state index contributed by atoms with van der Waals surface area (Å²) >= 11 is 1.90. The van der Waals surface area contributed by atoms with Gasteiger partial charge in [0.15, 0.2) is 0 Å². The van der Waals surface area contributed by atoms with Crippen LogP contribution in [0, 0.1) is 0 Å². The van der Waals surface area contributed by atoms with E-state index < -0.39 is 0 Å². The first kappa shape index (κ1) is 11.0. The third kappa shape index (κ3) is 2.06. The fraction of sp³-hybridized carbons (Fsp3) is 0.600. The number of hydrogen-bond acceptors (Lipinski definition) is 2. The summed E-state index contributed by atoms with van der Waals surface area (Å²) in [6.07, 6.45) is 3.72. The zero-order valence-corrected chi connectivity index (χ0v) is 9.73. The second-order valence-electron chi connectivity index (χ2n) is 3.86. The third-order valence-corrected chi connectivity index (χ3v) is 3.90. The standard InChI is InChI=1S/C10H15NS.ClH/c1-10(11-2)5-3-8-4-6-12-9(8)7-10;/h4,6,11H,3,5,7H2,1-2H3;1H. The van der Waals surface area contributed by atoms with Gasteiger partial charge in [-0.25, -0.2) is 0 Å². The van der Waals surface area contributed by atoms with E-state index in [1.807, 2.05) is 11.3 Å². The van der Waals surface area contributed by atoms with Gasteiger partial charge in [-0.1, -0.05) is 0 Å². The second-order valence-corrected chi connectivity index (χ2v) is 4.86. The van der Waals surface area contributed by atoms with E-state index in [1.165, 1.54) is 19.3 Å². The van der Waals surface area contributed by atoms with Crippen LogP contribution in [0.3, 0.4) is 0 Å². The van der Waals surface area contributed by atoms with Crippen molar-refractivity contribution in [2.24, 2.45) is 0 Å². The zero-order valence-electron chi connectivity index (χ0n) is 8.09. The van der Waals surface area contributed by atoms with Crippen LogP contribution >= 0.6 is 23.7 Å². The van der Waals surface area contributed by atoms with Crippen molar-refractivity contribution in [2.45, 2.75) is 31.7 Å². The molecule has 2 rings (SSSR count). The van der Waals surface area contributed by atoms with Crippen molar-refractivity contribution in [1.82, 2.24) is 5.32 Å². The summed E-state index contributed by atoms with van der Waals surface area (Å²) in [5, 5.41) is 5.63. The first-order chi connectivity index (χ1) is 5.73. The second kappa shape index (κ2) is 3.99. The van der Waals surface area contributed by atoms with Crippen LogP contribution in [-0.2, 0) is 12.8 Å². The lowest BCUT2D eigenvalue weighted by Crippen LogP contribution is -2.44. The fourth-order valence-corrected chi connectivity index (χ4v) is 2.93. The number of fused-ring (bicyclic) bond motifs is 1. The monoisotopic (exact) mass is 217 g/mol. The lowest BCUT2D eigenvalue weighted by Gasteiger charge is -2.33.